The molecule has 0 saturated heterocycles. The van der Waals surface area contributed by atoms with Gasteiger partial charge in [-0.05, 0) is 36.2 Å². The quantitative estimate of drug-likeness (QED) is 0.853. The average molecular weight is 288 g/mol. The molecule has 0 bridgehead atoms. The highest BCUT2D eigenvalue weighted by atomic mass is 35.5. The number of hydrogen-bond donors (Lipinski definition) is 1. The molecule has 20 heavy (non-hydrogen) atoms. The summed E-state index contributed by atoms with van der Waals surface area (Å²) in [7, 11) is 0. The Morgan fingerprint density at radius 1 is 1.20 bits per heavy atom. The van der Waals surface area contributed by atoms with E-state index in [9.17, 15) is 0 Å². The van der Waals surface area contributed by atoms with Gasteiger partial charge in [0.25, 0.3) is 0 Å². The van der Waals surface area contributed by atoms with E-state index in [0.29, 0.717) is 5.88 Å². The van der Waals surface area contributed by atoms with Crippen LogP contribution in [0.15, 0.2) is 42.5 Å². The van der Waals surface area contributed by atoms with E-state index in [-0.39, 0.29) is 6.10 Å². The van der Waals surface area contributed by atoms with Crippen LogP contribution in [0.1, 0.15) is 16.7 Å². The van der Waals surface area contributed by atoms with E-state index < -0.39 is 0 Å². The highest BCUT2D eigenvalue weighted by Crippen LogP contribution is 2.29. The van der Waals surface area contributed by atoms with Crippen LogP contribution in [0.25, 0.3) is 0 Å². The van der Waals surface area contributed by atoms with Gasteiger partial charge >= 0.3 is 0 Å². The third-order valence-corrected chi connectivity index (χ3v) is 3.91. The lowest BCUT2D eigenvalue weighted by molar-refractivity contribution is 0.246. The summed E-state index contributed by atoms with van der Waals surface area (Å²) in [6.45, 7) is 2.93. The first-order valence-corrected chi connectivity index (χ1v) is 7.43. The van der Waals surface area contributed by atoms with E-state index in [2.05, 4.69) is 42.6 Å². The summed E-state index contributed by atoms with van der Waals surface area (Å²) in [4.78, 5) is 0. The van der Waals surface area contributed by atoms with Crippen molar-refractivity contribution < 1.29 is 4.74 Å². The van der Waals surface area contributed by atoms with Gasteiger partial charge in [0.15, 0.2) is 0 Å². The van der Waals surface area contributed by atoms with Crippen LogP contribution in [0.5, 0.6) is 5.75 Å². The van der Waals surface area contributed by atoms with Crippen LogP contribution in [0.3, 0.4) is 0 Å². The molecule has 0 radical (unpaired) electrons. The van der Waals surface area contributed by atoms with Crippen molar-refractivity contribution in [2.24, 2.45) is 0 Å². The average Bonchev–Trinajstić information content (AvgIpc) is 2.87. The number of alkyl halides is 1. The summed E-state index contributed by atoms with van der Waals surface area (Å²) in [6, 6.07) is 14.6. The first-order chi connectivity index (χ1) is 9.74. The van der Waals surface area contributed by atoms with Crippen molar-refractivity contribution in [3.63, 3.8) is 0 Å². The van der Waals surface area contributed by atoms with E-state index in [1.54, 1.807) is 0 Å². The molecule has 104 valence electrons. The van der Waals surface area contributed by atoms with Crippen molar-refractivity contribution in [3.05, 3.63) is 59.2 Å². The number of ether oxygens (including phenoxy) is 1. The molecule has 0 amide bonds. The minimum Gasteiger partial charge on any atom is -0.488 e. The maximum absolute atomic E-state index is 5.94. The topological polar surface area (TPSA) is 21.3 Å². The fraction of sp³-hybridized carbons (Fsp3) is 0.294. The maximum Gasteiger partial charge on any atom is 0.123 e. The molecule has 1 unspecified atom stereocenters. The molecular formula is C17H18ClNO. The van der Waals surface area contributed by atoms with Crippen molar-refractivity contribution >= 4 is 17.3 Å². The second-order valence-electron chi connectivity index (χ2n) is 5.27. The molecule has 2 nitrogen and oxygen atoms in total. The van der Waals surface area contributed by atoms with E-state index in [4.69, 9.17) is 16.3 Å². The Kier molecular flexibility index (Phi) is 3.83. The van der Waals surface area contributed by atoms with Crippen LogP contribution in [-0.2, 0) is 12.3 Å². The largest absolute Gasteiger partial charge is 0.488 e. The van der Waals surface area contributed by atoms with Gasteiger partial charge in [-0.2, -0.15) is 0 Å². The number of hydrogen-bond acceptors (Lipinski definition) is 2. The fourth-order valence-corrected chi connectivity index (χ4v) is 2.68. The fourth-order valence-electron chi connectivity index (χ4n) is 2.51. The van der Waals surface area contributed by atoms with E-state index in [1.165, 1.54) is 11.1 Å². The number of fused-ring (bicyclic) bond motifs is 1. The SMILES string of the molecule is Cc1ccc2c(c1)CC(CNc1ccc(CCl)cc1)O2. The summed E-state index contributed by atoms with van der Waals surface area (Å²) in [5.41, 5.74) is 4.85. The predicted molar refractivity (Wildman–Crippen MR) is 83.8 cm³/mol. The summed E-state index contributed by atoms with van der Waals surface area (Å²) in [6.07, 6.45) is 1.18. The van der Waals surface area contributed by atoms with Crippen LogP contribution >= 0.6 is 11.6 Å². The molecule has 1 aliphatic rings. The summed E-state index contributed by atoms with van der Waals surface area (Å²) in [5, 5.41) is 3.42. The molecule has 0 aromatic heterocycles. The number of anilines is 1. The molecule has 0 spiro atoms. The van der Waals surface area contributed by atoms with Crippen molar-refractivity contribution in [1.82, 2.24) is 0 Å². The molecule has 1 atom stereocenters. The molecule has 3 heteroatoms. The normalized spacial score (nSPS) is 16.6. The number of aryl methyl sites for hydroxylation is 1. The second-order valence-corrected chi connectivity index (χ2v) is 5.53. The van der Waals surface area contributed by atoms with Crippen molar-refractivity contribution in [3.8, 4) is 5.75 Å². The number of nitrogens with one attached hydrogen (secondary N) is 1. The number of rotatable bonds is 4. The minimum absolute atomic E-state index is 0.208. The zero-order valence-corrected chi connectivity index (χ0v) is 12.3. The van der Waals surface area contributed by atoms with Gasteiger partial charge in [0, 0.05) is 18.0 Å². The molecule has 0 fully saturated rings. The lowest BCUT2D eigenvalue weighted by Crippen LogP contribution is -2.23. The first-order valence-electron chi connectivity index (χ1n) is 6.89. The van der Waals surface area contributed by atoms with Gasteiger partial charge < -0.3 is 10.1 Å². The summed E-state index contributed by atoms with van der Waals surface area (Å²) < 4.78 is 5.94. The molecule has 0 aliphatic carbocycles. The highest BCUT2D eigenvalue weighted by Gasteiger charge is 2.22. The molecule has 2 aromatic rings. The molecule has 1 aliphatic heterocycles. The van der Waals surface area contributed by atoms with Gasteiger partial charge in [0.2, 0.25) is 0 Å². The summed E-state index contributed by atoms with van der Waals surface area (Å²) in [5.74, 6) is 1.58. The smallest absolute Gasteiger partial charge is 0.123 e. The Balaban J connectivity index is 1.58. The van der Waals surface area contributed by atoms with Gasteiger partial charge in [-0.3, -0.25) is 0 Å². The number of halogens is 1. The van der Waals surface area contributed by atoms with Crippen molar-refractivity contribution in [2.75, 3.05) is 11.9 Å². The van der Waals surface area contributed by atoms with Gasteiger partial charge in [-0.1, -0.05) is 29.8 Å². The van der Waals surface area contributed by atoms with Gasteiger partial charge in [-0.15, -0.1) is 11.6 Å². The van der Waals surface area contributed by atoms with Crippen LogP contribution in [0.2, 0.25) is 0 Å². The van der Waals surface area contributed by atoms with Gasteiger partial charge in [-0.25, -0.2) is 0 Å². The third kappa shape index (κ3) is 2.91. The molecule has 2 aromatic carbocycles. The molecule has 1 N–H and O–H groups in total. The Morgan fingerprint density at radius 3 is 2.75 bits per heavy atom. The van der Waals surface area contributed by atoms with Gasteiger partial charge in [0.1, 0.15) is 11.9 Å². The molecule has 3 rings (SSSR count). The Hall–Kier alpha value is -1.67. The zero-order chi connectivity index (χ0) is 13.9. The Labute approximate surface area is 124 Å². The van der Waals surface area contributed by atoms with Crippen LogP contribution in [0, 0.1) is 6.92 Å². The Bertz CT molecular complexity index is 594. The van der Waals surface area contributed by atoms with Crippen molar-refractivity contribution in [1.29, 1.82) is 0 Å². The van der Waals surface area contributed by atoms with Crippen molar-refractivity contribution in [2.45, 2.75) is 25.3 Å². The van der Waals surface area contributed by atoms with Crippen LogP contribution in [-0.4, -0.2) is 12.6 Å². The Morgan fingerprint density at radius 2 is 2.00 bits per heavy atom. The first kappa shape index (κ1) is 13.3. The zero-order valence-electron chi connectivity index (χ0n) is 11.5. The van der Waals surface area contributed by atoms with E-state index >= 15 is 0 Å². The highest BCUT2D eigenvalue weighted by molar-refractivity contribution is 6.17. The molecular weight excluding hydrogens is 270 g/mol. The summed E-state index contributed by atoms with van der Waals surface area (Å²) >= 11 is 5.78. The lowest BCUT2D eigenvalue weighted by atomic mass is 10.1. The van der Waals surface area contributed by atoms with Crippen LogP contribution < -0.4 is 10.1 Å². The van der Waals surface area contributed by atoms with Crippen LogP contribution in [0.4, 0.5) is 5.69 Å². The monoisotopic (exact) mass is 287 g/mol. The maximum atomic E-state index is 5.94. The standard InChI is InChI=1S/C17H18ClNO/c1-12-2-7-17-14(8-12)9-16(20-17)11-19-15-5-3-13(10-18)4-6-15/h2-8,16,19H,9-11H2,1H3. The molecule has 1 heterocycles. The van der Waals surface area contributed by atoms with E-state index in [1.807, 2.05) is 12.1 Å². The lowest BCUT2D eigenvalue weighted by Gasteiger charge is -2.13. The number of benzene rings is 2. The minimum atomic E-state index is 0.208. The third-order valence-electron chi connectivity index (χ3n) is 3.60. The molecule has 0 saturated carbocycles. The van der Waals surface area contributed by atoms with E-state index in [0.717, 1.165) is 30.0 Å². The second kappa shape index (κ2) is 5.76. The predicted octanol–water partition coefficient (Wildman–Crippen LogP) is 4.15. The van der Waals surface area contributed by atoms with Gasteiger partial charge in [0.05, 0.1) is 6.54 Å².